The number of hydrogen-bond donors (Lipinski definition) is 2. The van der Waals surface area contributed by atoms with Crippen LogP contribution in [0.1, 0.15) is 20.7 Å². The normalized spacial score (nSPS) is 12.5. The predicted molar refractivity (Wildman–Crippen MR) is 127 cm³/mol. The fraction of sp³-hybridized carbons (Fsp3) is 0.364. The van der Waals surface area contributed by atoms with Gasteiger partial charge in [0.15, 0.2) is 0 Å². The molecule has 8 nitrogen and oxygen atoms in total. The lowest BCUT2D eigenvalue weighted by Crippen LogP contribution is -2.43. The summed E-state index contributed by atoms with van der Waals surface area (Å²) in [5, 5.41) is 6.87. The maximum Gasteiger partial charge on any atom is 0.329 e. The smallest absolute Gasteiger partial charge is 0.329 e. The summed E-state index contributed by atoms with van der Waals surface area (Å²) in [7, 11) is 2.56. The van der Waals surface area contributed by atoms with Crippen LogP contribution in [0.15, 0.2) is 36.4 Å². The minimum Gasteiger partial charge on any atom is -0.467 e. The number of carbonyl (C=O) groups excluding carboxylic acids is 4. The highest BCUT2D eigenvalue weighted by molar-refractivity contribution is 7.98. The van der Waals surface area contributed by atoms with Crippen molar-refractivity contribution in [2.75, 3.05) is 38.2 Å². The molecule has 2 rings (SSSR count). The van der Waals surface area contributed by atoms with Crippen molar-refractivity contribution in [1.29, 1.82) is 0 Å². The number of esters is 2. The molecule has 0 saturated heterocycles. The summed E-state index contributed by atoms with van der Waals surface area (Å²) in [6.45, 7) is 0. The number of benzene rings is 2. The van der Waals surface area contributed by atoms with Gasteiger partial charge >= 0.3 is 11.9 Å². The molecule has 32 heavy (non-hydrogen) atoms. The first-order valence-electron chi connectivity index (χ1n) is 9.63. The van der Waals surface area contributed by atoms with Gasteiger partial charge in [-0.15, -0.1) is 0 Å². The van der Waals surface area contributed by atoms with Crippen LogP contribution in [0.2, 0.25) is 0 Å². The number of nitrogens with one attached hydrogen (secondary N) is 2. The summed E-state index contributed by atoms with van der Waals surface area (Å²) < 4.78 is 9.47. The van der Waals surface area contributed by atoms with Gasteiger partial charge in [-0.25, -0.2) is 9.59 Å². The van der Waals surface area contributed by atoms with E-state index in [0.29, 0.717) is 22.6 Å². The highest BCUT2D eigenvalue weighted by Crippen LogP contribution is 2.19. The van der Waals surface area contributed by atoms with Gasteiger partial charge < -0.3 is 20.1 Å². The van der Waals surface area contributed by atoms with E-state index in [9.17, 15) is 19.2 Å². The topological polar surface area (TPSA) is 111 Å². The van der Waals surface area contributed by atoms with Gasteiger partial charge in [-0.2, -0.15) is 23.5 Å². The van der Waals surface area contributed by atoms with Crippen molar-refractivity contribution in [1.82, 2.24) is 10.6 Å². The second-order valence-corrected chi connectivity index (χ2v) is 8.61. The summed E-state index contributed by atoms with van der Waals surface area (Å²) in [5.41, 5.74) is 0.769. The van der Waals surface area contributed by atoms with Crippen molar-refractivity contribution < 1.29 is 28.7 Å². The van der Waals surface area contributed by atoms with Gasteiger partial charge in [0, 0.05) is 22.6 Å². The van der Waals surface area contributed by atoms with Crippen molar-refractivity contribution in [3.05, 3.63) is 47.5 Å². The zero-order valence-corrected chi connectivity index (χ0v) is 19.9. The molecule has 172 valence electrons. The Morgan fingerprint density at radius 3 is 1.44 bits per heavy atom. The summed E-state index contributed by atoms with van der Waals surface area (Å²) in [4.78, 5) is 48.9. The molecule has 0 aromatic heterocycles. The van der Waals surface area contributed by atoms with Gasteiger partial charge in [-0.1, -0.05) is 12.1 Å². The van der Waals surface area contributed by atoms with E-state index in [4.69, 9.17) is 9.47 Å². The molecule has 2 N–H and O–H groups in total. The monoisotopic (exact) mass is 478 g/mol. The summed E-state index contributed by atoms with van der Waals surface area (Å²) in [6, 6.07) is 8.58. The van der Waals surface area contributed by atoms with E-state index >= 15 is 0 Å². The fourth-order valence-corrected chi connectivity index (χ4v) is 4.07. The third-order valence-electron chi connectivity index (χ3n) is 4.61. The Bertz CT molecular complexity index is 918. The lowest BCUT2D eigenvalue weighted by Gasteiger charge is -2.16. The van der Waals surface area contributed by atoms with Crippen LogP contribution in [0.3, 0.4) is 0 Å². The van der Waals surface area contributed by atoms with Crippen LogP contribution >= 0.6 is 23.5 Å². The maximum absolute atomic E-state index is 12.6. The van der Waals surface area contributed by atoms with Crippen LogP contribution in [0.4, 0.5) is 0 Å². The van der Waals surface area contributed by atoms with Crippen LogP contribution in [0.5, 0.6) is 0 Å². The van der Waals surface area contributed by atoms with Crippen LogP contribution in [0, 0.1) is 0 Å². The molecular formula is C22H26N2O6S2. The molecule has 0 bridgehead atoms. The molecule has 0 aliphatic rings. The minimum absolute atomic E-state index is 0.385. The van der Waals surface area contributed by atoms with Crippen molar-refractivity contribution in [2.45, 2.75) is 12.1 Å². The largest absolute Gasteiger partial charge is 0.467 e. The zero-order valence-electron chi connectivity index (χ0n) is 18.3. The molecule has 0 heterocycles. The number of ether oxygens (including phenoxy) is 2. The third-order valence-corrected chi connectivity index (χ3v) is 5.95. The average Bonchev–Trinajstić information content (AvgIpc) is 2.81. The number of thioether (sulfide) groups is 2. The summed E-state index contributed by atoms with van der Waals surface area (Å²) in [5.74, 6) is -1.000. The number of methoxy groups -OCH3 is 2. The molecule has 0 spiro atoms. The van der Waals surface area contributed by atoms with Gasteiger partial charge in [0.1, 0.15) is 12.1 Å². The van der Waals surface area contributed by atoms with Crippen molar-refractivity contribution in [2.24, 2.45) is 0 Å². The van der Waals surface area contributed by atoms with Crippen LogP contribution in [-0.4, -0.2) is 74.1 Å². The van der Waals surface area contributed by atoms with Crippen molar-refractivity contribution in [3.63, 3.8) is 0 Å². The lowest BCUT2D eigenvalue weighted by molar-refractivity contribution is -0.143. The summed E-state index contributed by atoms with van der Waals surface area (Å²) in [6.07, 6.45) is 3.67. The van der Waals surface area contributed by atoms with Crippen molar-refractivity contribution in [3.8, 4) is 0 Å². The molecule has 2 aromatic carbocycles. The Morgan fingerprint density at radius 1 is 0.750 bits per heavy atom. The van der Waals surface area contributed by atoms with Crippen molar-refractivity contribution >= 4 is 58.0 Å². The van der Waals surface area contributed by atoms with Crippen LogP contribution < -0.4 is 10.6 Å². The van der Waals surface area contributed by atoms with E-state index in [0.717, 1.165) is 10.8 Å². The number of carbonyl (C=O) groups is 4. The van der Waals surface area contributed by atoms with Gasteiger partial charge in [0.25, 0.3) is 11.8 Å². The molecule has 2 aromatic rings. The van der Waals surface area contributed by atoms with E-state index in [1.54, 1.807) is 36.4 Å². The first kappa shape index (κ1) is 25.5. The zero-order chi connectivity index (χ0) is 23.7. The fourth-order valence-electron chi connectivity index (χ4n) is 2.97. The van der Waals surface area contributed by atoms with Gasteiger partial charge in [-0.05, 0) is 47.5 Å². The summed E-state index contributed by atoms with van der Waals surface area (Å²) >= 11 is 2.85. The molecular weight excluding hydrogens is 452 g/mol. The second kappa shape index (κ2) is 12.4. The minimum atomic E-state index is -0.742. The Hall–Kier alpha value is -2.72. The molecule has 0 aliphatic heterocycles. The van der Waals surface area contributed by atoms with E-state index in [1.165, 1.54) is 37.7 Å². The highest BCUT2D eigenvalue weighted by Gasteiger charge is 2.23. The molecule has 2 unspecified atom stereocenters. The standard InChI is InChI=1S/C22H26N2O6S2/c1-29-21(27)17(11-31-3)23-19(25)15-7-5-14-10-16(8-6-13(14)9-15)20(26)24-18(12-32-4)22(28)30-2/h5-10,17-18H,11-12H2,1-4H3,(H,23,25)(H,24,26). The Labute approximate surface area is 195 Å². The van der Waals surface area contributed by atoms with Gasteiger partial charge in [0.2, 0.25) is 0 Å². The van der Waals surface area contributed by atoms with Crippen LogP contribution in [0.25, 0.3) is 10.8 Å². The Kier molecular flexibility index (Phi) is 9.86. The van der Waals surface area contributed by atoms with E-state index in [2.05, 4.69) is 10.6 Å². The quantitative estimate of drug-likeness (QED) is 0.500. The Balaban J connectivity index is 2.19. The van der Waals surface area contributed by atoms with E-state index in [-0.39, 0.29) is 0 Å². The molecule has 0 aliphatic carbocycles. The molecule has 10 heteroatoms. The Morgan fingerprint density at radius 2 is 1.12 bits per heavy atom. The maximum atomic E-state index is 12.6. The predicted octanol–water partition coefficient (Wildman–Crippen LogP) is 2.11. The van der Waals surface area contributed by atoms with Gasteiger partial charge in [0.05, 0.1) is 14.2 Å². The lowest BCUT2D eigenvalue weighted by atomic mass is 10.0. The molecule has 2 atom stereocenters. The number of rotatable bonds is 10. The molecule has 0 fully saturated rings. The van der Waals surface area contributed by atoms with Crippen LogP contribution in [-0.2, 0) is 19.1 Å². The SMILES string of the molecule is COC(=O)C(CSC)NC(=O)c1ccc2cc(C(=O)NC(CSC)C(=O)OC)ccc2c1. The first-order valence-corrected chi connectivity index (χ1v) is 12.4. The molecule has 0 radical (unpaired) electrons. The van der Waals surface area contributed by atoms with Gasteiger partial charge in [-0.3, -0.25) is 9.59 Å². The highest BCUT2D eigenvalue weighted by atomic mass is 32.2. The first-order chi connectivity index (χ1) is 15.3. The van der Waals surface area contributed by atoms with E-state index < -0.39 is 35.8 Å². The molecule has 0 saturated carbocycles. The second-order valence-electron chi connectivity index (χ2n) is 6.79. The number of fused-ring (bicyclic) bond motifs is 1. The number of hydrogen-bond acceptors (Lipinski definition) is 8. The van der Waals surface area contributed by atoms with E-state index in [1.807, 2.05) is 12.5 Å². The average molecular weight is 479 g/mol. The third kappa shape index (κ3) is 6.64. The number of amides is 2. The molecule has 2 amide bonds.